The highest BCUT2D eigenvalue weighted by atomic mass is 32.2. The van der Waals surface area contributed by atoms with Crippen LogP contribution in [0.3, 0.4) is 0 Å². The maximum atomic E-state index is 15.0. The highest BCUT2D eigenvalue weighted by Crippen LogP contribution is 2.48. The first kappa shape index (κ1) is 48.4. The minimum absolute atomic E-state index is 0.0120. The number of aliphatic carboxylic acids is 1. The number of carbonyl (C=O) groups excluding carboxylic acids is 4. The van der Waals surface area contributed by atoms with Crippen LogP contribution in [0.5, 0.6) is 11.5 Å². The van der Waals surface area contributed by atoms with Crippen molar-refractivity contribution in [3.8, 4) is 22.9 Å². The van der Waals surface area contributed by atoms with Gasteiger partial charge in [0.15, 0.2) is 5.13 Å². The molecular formula is C48H60N8O10S2. The lowest BCUT2D eigenvalue weighted by Gasteiger charge is -2.35. The van der Waals surface area contributed by atoms with Crippen molar-refractivity contribution in [1.82, 2.24) is 35.1 Å². The first-order valence-corrected chi connectivity index (χ1v) is 25.6. The van der Waals surface area contributed by atoms with Crippen LogP contribution in [0.4, 0.5) is 9.93 Å². The van der Waals surface area contributed by atoms with Crippen molar-refractivity contribution in [3.63, 3.8) is 0 Å². The first-order chi connectivity index (χ1) is 32.3. The molecule has 1 aliphatic carbocycles. The molecule has 4 aliphatic rings. The number of hydrogen-bond acceptors (Lipinski definition) is 13. The van der Waals surface area contributed by atoms with E-state index in [1.807, 2.05) is 25.3 Å². The molecule has 0 radical (unpaired) electrons. The summed E-state index contributed by atoms with van der Waals surface area (Å²) in [4.78, 5) is 80.8. The average Bonchev–Trinajstić information content (AvgIpc) is 3.50. The summed E-state index contributed by atoms with van der Waals surface area (Å²) in [7, 11) is -2.63. The lowest BCUT2D eigenvalue weighted by molar-refractivity contribution is -0.145. The summed E-state index contributed by atoms with van der Waals surface area (Å²) in [5.41, 5.74) is -0.464. The molecule has 364 valence electrons. The van der Waals surface area contributed by atoms with Gasteiger partial charge in [0.2, 0.25) is 11.8 Å². The number of nitrogens with zero attached hydrogens (tertiary/aromatic N) is 4. The lowest BCUT2D eigenvalue weighted by Crippen LogP contribution is -2.59. The van der Waals surface area contributed by atoms with Crippen molar-refractivity contribution in [2.45, 2.75) is 133 Å². The molecule has 3 aliphatic heterocycles. The Morgan fingerprint density at radius 2 is 1.74 bits per heavy atom. The zero-order valence-electron chi connectivity index (χ0n) is 39.2. The van der Waals surface area contributed by atoms with Crippen molar-refractivity contribution in [2.24, 2.45) is 11.3 Å². The van der Waals surface area contributed by atoms with Gasteiger partial charge < -0.3 is 40.7 Å². The van der Waals surface area contributed by atoms with Crippen LogP contribution < -0.4 is 30.7 Å². The molecule has 2 aromatic carbocycles. The summed E-state index contributed by atoms with van der Waals surface area (Å²) in [6.07, 6.45) is 4.14. The Bertz CT molecular complexity index is 2720. The lowest BCUT2D eigenvalue weighted by atomic mass is 9.86. The smallest absolute Gasteiger partial charge is 0.329 e. The third kappa shape index (κ3) is 9.93. The van der Waals surface area contributed by atoms with Crippen LogP contribution in [0.15, 0.2) is 58.8 Å². The zero-order valence-corrected chi connectivity index (χ0v) is 40.8. The van der Waals surface area contributed by atoms with Crippen molar-refractivity contribution in [3.05, 3.63) is 59.5 Å². The number of rotatable bonds is 11. The number of hydrogen-bond donors (Lipinski definition) is 5. The minimum atomic E-state index is -4.19. The van der Waals surface area contributed by atoms with Crippen LogP contribution in [-0.2, 0) is 24.4 Å². The van der Waals surface area contributed by atoms with E-state index >= 15 is 4.79 Å². The Morgan fingerprint density at radius 1 is 1.00 bits per heavy atom. The number of carboxylic acids is 1. The van der Waals surface area contributed by atoms with Gasteiger partial charge in [0.1, 0.15) is 45.8 Å². The van der Waals surface area contributed by atoms with E-state index in [9.17, 15) is 32.7 Å². The second-order valence-corrected chi connectivity index (χ2v) is 22.3. The Balaban J connectivity index is 1.09. The zero-order chi connectivity index (χ0) is 48.7. The number of sulfonamides is 1. The molecule has 20 heteroatoms. The number of pyridine rings is 1. The number of carboxylic acid groups (broad SMARTS) is 1. The molecule has 0 spiro atoms. The van der Waals surface area contributed by atoms with E-state index < -0.39 is 74.9 Å². The average molecular weight is 973 g/mol. The number of anilines is 1. The molecule has 6 atom stereocenters. The number of thiazole rings is 1. The van der Waals surface area contributed by atoms with E-state index in [2.05, 4.69) is 21.3 Å². The summed E-state index contributed by atoms with van der Waals surface area (Å²) in [5.74, 6) is -2.26. The maximum absolute atomic E-state index is 15.0. The van der Waals surface area contributed by atoms with Gasteiger partial charge in [-0.25, -0.2) is 32.3 Å². The molecular weight excluding hydrogens is 913 g/mol. The monoisotopic (exact) mass is 972 g/mol. The van der Waals surface area contributed by atoms with Crippen molar-refractivity contribution < 1.29 is 47.0 Å². The van der Waals surface area contributed by atoms with Crippen molar-refractivity contribution >= 4 is 67.1 Å². The summed E-state index contributed by atoms with van der Waals surface area (Å²) in [6, 6.07) is 9.31. The Morgan fingerprint density at radius 3 is 2.44 bits per heavy atom. The molecule has 5 heterocycles. The van der Waals surface area contributed by atoms with Gasteiger partial charge in [-0.2, -0.15) is 0 Å². The van der Waals surface area contributed by atoms with Crippen LogP contribution in [0.2, 0.25) is 0 Å². The number of urea groups is 1. The number of aromatic nitrogens is 2. The fourth-order valence-electron chi connectivity index (χ4n) is 9.44. The number of fused-ring (bicyclic) bond motifs is 4. The quantitative estimate of drug-likeness (QED) is 0.113. The molecule has 1 saturated carbocycles. The molecule has 2 saturated heterocycles. The fraction of sp³-hybridized carbons (Fsp3) is 0.521. The molecule has 2 aromatic heterocycles. The van der Waals surface area contributed by atoms with Gasteiger partial charge in [0.05, 0.1) is 43.0 Å². The normalized spacial score (nSPS) is 24.5. The topological polar surface area (TPSA) is 239 Å². The van der Waals surface area contributed by atoms with Gasteiger partial charge in [0, 0.05) is 35.4 Å². The maximum Gasteiger partial charge on any atom is 0.329 e. The molecule has 68 heavy (non-hydrogen) atoms. The van der Waals surface area contributed by atoms with Crippen LogP contribution in [0.1, 0.15) is 103 Å². The molecule has 0 bridgehead atoms. The van der Waals surface area contributed by atoms with E-state index in [1.165, 1.54) is 28.4 Å². The molecule has 5 amide bonds. The molecule has 1 unspecified atom stereocenters. The highest BCUT2D eigenvalue weighted by molar-refractivity contribution is 7.90. The molecule has 5 N–H and O–H groups in total. The first-order valence-electron chi connectivity index (χ1n) is 23.3. The predicted molar refractivity (Wildman–Crippen MR) is 255 cm³/mol. The second kappa shape index (κ2) is 19.2. The summed E-state index contributed by atoms with van der Waals surface area (Å²) in [6.45, 7) is 9.02. The number of nitrogens with one attached hydrogen (secondary N) is 4. The number of ether oxygens (including phenoxy) is 2. The van der Waals surface area contributed by atoms with E-state index in [-0.39, 0.29) is 54.8 Å². The fourth-order valence-corrected chi connectivity index (χ4v) is 11.9. The standard InChI is InChI=1S/C48H60N8O10S2/c1-27(2)49-46-52-36(26-67-46)35-22-38(31-19-18-29(65-6)20-34(31)50-35)66-30-21-37-41(57)54-48(44(60)61)23-28(48)14-10-8-7-9-11-16-33(43(59)55(37)24-30)51-45(62)53-40(47(3,4)5)25-56-42(58)32-15-12-13-17-39(32)68(56,63)64/h12-13,15,17-20,22,26-28,30,33,37,40H,7-11,14,16,21,23-25H2,1-6H3,(H,49,52)(H,54,57)(H,60,61)(H2,51,53,62)/t28?,30-,33+,37+,40-,48-/m1/s1. The van der Waals surface area contributed by atoms with E-state index in [0.29, 0.717) is 46.6 Å². The largest absolute Gasteiger partial charge is 0.497 e. The summed E-state index contributed by atoms with van der Waals surface area (Å²) >= 11 is 1.44. The molecule has 18 nitrogen and oxygen atoms in total. The highest BCUT2D eigenvalue weighted by Gasteiger charge is 2.62. The van der Waals surface area contributed by atoms with Crippen LogP contribution in [0.25, 0.3) is 22.3 Å². The van der Waals surface area contributed by atoms with Gasteiger partial charge in [-0.15, -0.1) is 11.3 Å². The predicted octanol–water partition coefficient (Wildman–Crippen LogP) is 6.17. The number of benzene rings is 2. The van der Waals surface area contributed by atoms with E-state index in [1.54, 1.807) is 58.2 Å². The Labute approximate surface area is 400 Å². The number of methoxy groups -OCH3 is 1. The van der Waals surface area contributed by atoms with Crippen molar-refractivity contribution in [1.29, 1.82) is 0 Å². The van der Waals surface area contributed by atoms with Crippen molar-refractivity contribution in [2.75, 3.05) is 25.5 Å². The van der Waals surface area contributed by atoms with E-state index in [0.717, 1.165) is 35.1 Å². The number of amides is 5. The third-order valence-electron chi connectivity index (χ3n) is 13.4. The van der Waals surface area contributed by atoms with Gasteiger partial charge in [-0.05, 0) is 68.7 Å². The van der Waals surface area contributed by atoms with Gasteiger partial charge in [0.25, 0.3) is 15.9 Å². The van der Waals surface area contributed by atoms with Gasteiger partial charge in [-0.3, -0.25) is 14.4 Å². The summed E-state index contributed by atoms with van der Waals surface area (Å²) in [5, 5.41) is 25.6. The Kier molecular flexibility index (Phi) is 13.7. The van der Waals surface area contributed by atoms with Crippen LogP contribution in [-0.4, -0.2) is 118 Å². The molecule has 8 rings (SSSR count). The molecule has 4 aromatic rings. The summed E-state index contributed by atoms with van der Waals surface area (Å²) < 4.78 is 40.2. The van der Waals surface area contributed by atoms with E-state index in [4.69, 9.17) is 19.4 Å². The number of carbonyl (C=O) groups is 5. The second-order valence-electron chi connectivity index (χ2n) is 19.6. The Hall–Kier alpha value is -6.02. The van der Waals surface area contributed by atoms with Crippen LogP contribution in [0, 0.1) is 11.3 Å². The van der Waals surface area contributed by atoms with Gasteiger partial charge >= 0.3 is 12.0 Å². The minimum Gasteiger partial charge on any atom is -0.497 e. The van der Waals surface area contributed by atoms with Crippen LogP contribution >= 0.6 is 11.3 Å². The molecule has 3 fully saturated rings. The third-order valence-corrected chi connectivity index (χ3v) is 16.0. The van der Waals surface area contributed by atoms with Gasteiger partial charge in [-0.1, -0.05) is 65.0 Å². The SMILES string of the molecule is COc1ccc2c(O[C@@H]3C[C@H]4C(=O)N[C@]5(C(=O)O)CC5CCCCCCC[C@H](NC(=O)N[C@H](CN5C(=O)c6ccccc6S5(=O)=O)C(C)(C)C)C(=O)N4C3)cc(-c3csc(NC(C)C)n3)nc2c1.